The number of anilines is 1. The predicted molar refractivity (Wildman–Crippen MR) is 117 cm³/mol. The van der Waals surface area contributed by atoms with E-state index in [1.807, 2.05) is 6.07 Å². The Kier molecular flexibility index (Phi) is 6.96. The van der Waals surface area contributed by atoms with E-state index in [1.165, 1.54) is 18.2 Å². The van der Waals surface area contributed by atoms with Gasteiger partial charge in [0.05, 0.1) is 18.9 Å². The van der Waals surface area contributed by atoms with E-state index in [1.54, 1.807) is 50.2 Å². The third-order valence-corrected chi connectivity index (χ3v) is 4.89. The molecule has 1 fully saturated rings. The molecule has 0 atom stereocenters. The number of halogens is 1. The maximum atomic E-state index is 12.8. The van der Waals surface area contributed by atoms with Gasteiger partial charge in [-0.1, -0.05) is 34.1 Å². The highest BCUT2D eigenvalue weighted by molar-refractivity contribution is 9.10. The molecule has 162 valence electrons. The van der Waals surface area contributed by atoms with Gasteiger partial charge in [-0.15, -0.1) is 0 Å². The second-order valence-corrected chi connectivity index (χ2v) is 7.68. The summed E-state index contributed by atoms with van der Waals surface area (Å²) in [4.78, 5) is 36.9. The van der Waals surface area contributed by atoms with Crippen LogP contribution in [0.1, 0.15) is 19.4 Å². The number of benzene rings is 2. The van der Waals surface area contributed by atoms with Crippen LogP contribution in [0.4, 0.5) is 5.69 Å². The molecule has 0 spiro atoms. The largest absolute Gasteiger partial charge is 0.493 e. The number of nitrogens with zero attached hydrogens (tertiary/aromatic N) is 1. The number of carbonyl (C=O) groups is 3. The van der Waals surface area contributed by atoms with Crippen molar-refractivity contribution in [3.8, 4) is 11.5 Å². The van der Waals surface area contributed by atoms with Crippen LogP contribution in [0.15, 0.2) is 52.5 Å². The predicted octanol–water partition coefficient (Wildman–Crippen LogP) is 3.25. The molecule has 0 saturated carbocycles. The van der Waals surface area contributed by atoms with Gasteiger partial charge >= 0.3 is 5.97 Å². The van der Waals surface area contributed by atoms with Crippen LogP contribution in [0.5, 0.6) is 11.5 Å². The lowest BCUT2D eigenvalue weighted by Gasteiger charge is -2.14. The second kappa shape index (κ2) is 9.65. The van der Waals surface area contributed by atoms with Crippen LogP contribution in [0, 0.1) is 0 Å². The van der Waals surface area contributed by atoms with E-state index in [-0.39, 0.29) is 18.3 Å². The van der Waals surface area contributed by atoms with Gasteiger partial charge in [0.2, 0.25) is 0 Å². The molecule has 0 aliphatic carbocycles. The number of esters is 1. The lowest BCUT2D eigenvalue weighted by Crippen LogP contribution is -2.35. The van der Waals surface area contributed by atoms with Gasteiger partial charge in [-0.3, -0.25) is 15.0 Å². The SMILES string of the molecule is COc1cc(/C=C2/C(=O)NN(c3ccccc3)C2=O)c(Br)cc1OCC(=O)OC(C)C. The Balaban J connectivity index is 1.84. The quantitative estimate of drug-likeness (QED) is 0.365. The number of nitrogens with one attached hydrogen (secondary N) is 1. The zero-order valence-corrected chi connectivity index (χ0v) is 18.8. The summed E-state index contributed by atoms with van der Waals surface area (Å²) in [6, 6.07) is 12.0. The molecule has 2 aromatic rings. The Hall–Kier alpha value is -3.33. The van der Waals surface area contributed by atoms with E-state index < -0.39 is 17.8 Å². The third kappa shape index (κ3) is 5.24. The summed E-state index contributed by atoms with van der Waals surface area (Å²) < 4.78 is 16.4. The number of ether oxygens (including phenoxy) is 3. The van der Waals surface area contributed by atoms with Crippen LogP contribution in [-0.4, -0.2) is 37.6 Å². The standard InChI is InChI=1S/C22H21BrN2O6/c1-13(2)31-20(26)12-30-19-11-17(23)14(10-18(19)29-3)9-16-21(27)24-25(22(16)28)15-7-5-4-6-8-15/h4-11,13H,12H2,1-3H3,(H,24,27)/b16-9-. The minimum atomic E-state index is -0.517. The fourth-order valence-corrected chi connectivity index (χ4v) is 3.28. The van der Waals surface area contributed by atoms with Crippen molar-refractivity contribution in [2.24, 2.45) is 0 Å². The Morgan fingerprint density at radius 3 is 2.52 bits per heavy atom. The number of para-hydroxylation sites is 1. The van der Waals surface area contributed by atoms with Crippen molar-refractivity contribution in [3.63, 3.8) is 0 Å². The Labute approximate surface area is 187 Å². The Morgan fingerprint density at radius 1 is 1.16 bits per heavy atom. The fraction of sp³-hybridized carbons (Fsp3) is 0.227. The van der Waals surface area contributed by atoms with Crippen molar-refractivity contribution in [2.75, 3.05) is 18.7 Å². The van der Waals surface area contributed by atoms with E-state index in [2.05, 4.69) is 21.4 Å². The number of hydrogen-bond acceptors (Lipinski definition) is 6. The third-order valence-electron chi connectivity index (χ3n) is 4.20. The van der Waals surface area contributed by atoms with Crippen molar-refractivity contribution in [3.05, 3.63) is 58.1 Å². The normalized spacial score (nSPS) is 14.7. The molecule has 1 N–H and O–H groups in total. The molecule has 0 bridgehead atoms. The van der Waals surface area contributed by atoms with Crippen molar-refractivity contribution < 1.29 is 28.6 Å². The topological polar surface area (TPSA) is 94.2 Å². The van der Waals surface area contributed by atoms with Crippen LogP contribution in [-0.2, 0) is 19.1 Å². The Bertz CT molecular complexity index is 1040. The minimum absolute atomic E-state index is 0.0271. The van der Waals surface area contributed by atoms with Gasteiger partial charge in [0.1, 0.15) is 5.57 Å². The number of methoxy groups -OCH3 is 1. The van der Waals surface area contributed by atoms with Crippen LogP contribution < -0.4 is 19.9 Å². The average molecular weight is 489 g/mol. The lowest BCUT2D eigenvalue weighted by molar-refractivity contribution is -0.149. The van der Waals surface area contributed by atoms with Crippen LogP contribution in [0.3, 0.4) is 0 Å². The van der Waals surface area contributed by atoms with E-state index in [4.69, 9.17) is 14.2 Å². The first kappa shape index (κ1) is 22.4. The molecule has 2 amide bonds. The first-order valence-corrected chi connectivity index (χ1v) is 10.2. The van der Waals surface area contributed by atoms with Crippen LogP contribution in [0.2, 0.25) is 0 Å². The highest BCUT2D eigenvalue weighted by atomic mass is 79.9. The highest BCUT2D eigenvalue weighted by Crippen LogP contribution is 2.35. The van der Waals surface area contributed by atoms with Gasteiger partial charge in [0, 0.05) is 4.47 Å². The summed E-state index contributed by atoms with van der Waals surface area (Å²) in [6.07, 6.45) is 1.22. The highest BCUT2D eigenvalue weighted by Gasteiger charge is 2.34. The molecule has 8 nitrogen and oxygen atoms in total. The Morgan fingerprint density at radius 2 is 1.87 bits per heavy atom. The number of carbonyl (C=O) groups excluding carboxylic acids is 3. The number of amides is 2. The molecule has 1 aliphatic heterocycles. The number of hydrazine groups is 1. The number of rotatable bonds is 7. The van der Waals surface area contributed by atoms with E-state index >= 15 is 0 Å². The summed E-state index contributed by atoms with van der Waals surface area (Å²) in [5.74, 6) is -0.854. The van der Waals surface area contributed by atoms with Gasteiger partial charge in [-0.2, -0.15) is 0 Å². The first-order valence-electron chi connectivity index (χ1n) is 9.42. The van der Waals surface area contributed by atoms with Crippen molar-refractivity contribution in [1.82, 2.24) is 5.43 Å². The fourth-order valence-electron chi connectivity index (χ4n) is 2.84. The molecule has 2 aromatic carbocycles. The second-order valence-electron chi connectivity index (χ2n) is 6.83. The molecule has 0 unspecified atom stereocenters. The van der Waals surface area contributed by atoms with E-state index in [9.17, 15) is 14.4 Å². The van der Waals surface area contributed by atoms with Crippen LogP contribution >= 0.6 is 15.9 Å². The van der Waals surface area contributed by atoms with Crippen molar-refractivity contribution in [1.29, 1.82) is 0 Å². The molecule has 9 heteroatoms. The van der Waals surface area contributed by atoms with Gasteiger partial charge in [-0.05, 0) is 49.8 Å². The first-order chi connectivity index (χ1) is 14.8. The summed E-state index contributed by atoms with van der Waals surface area (Å²) in [5.41, 5.74) is 3.61. The number of hydrogen-bond donors (Lipinski definition) is 1. The molecule has 3 rings (SSSR count). The smallest absolute Gasteiger partial charge is 0.344 e. The zero-order valence-electron chi connectivity index (χ0n) is 17.2. The maximum Gasteiger partial charge on any atom is 0.344 e. The summed E-state index contributed by atoms with van der Waals surface area (Å²) in [7, 11) is 1.45. The molecule has 1 saturated heterocycles. The van der Waals surface area contributed by atoms with Gasteiger partial charge in [-0.25, -0.2) is 9.80 Å². The molecule has 0 radical (unpaired) electrons. The van der Waals surface area contributed by atoms with E-state index in [0.717, 1.165) is 0 Å². The monoisotopic (exact) mass is 488 g/mol. The molecule has 31 heavy (non-hydrogen) atoms. The van der Waals surface area contributed by atoms with E-state index in [0.29, 0.717) is 27.2 Å². The molecule has 1 heterocycles. The lowest BCUT2D eigenvalue weighted by atomic mass is 10.1. The average Bonchev–Trinajstić information content (AvgIpc) is 3.02. The van der Waals surface area contributed by atoms with Gasteiger partial charge in [0.25, 0.3) is 11.8 Å². The van der Waals surface area contributed by atoms with Crippen LogP contribution in [0.25, 0.3) is 6.08 Å². The van der Waals surface area contributed by atoms with Gasteiger partial charge in [0.15, 0.2) is 18.1 Å². The minimum Gasteiger partial charge on any atom is -0.493 e. The maximum absolute atomic E-state index is 12.8. The summed E-state index contributed by atoms with van der Waals surface area (Å²) in [5, 5.41) is 1.19. The summed E-state index contributed by atoms with van der Waals surface area (Å²) in [6.45, 7) is 3.21. The van der Waals surface area contributed by atoms with Crippen molar-refractivity contribution in [2.45, 2.75) is 20.0 Å². The van der Waals surface area contributed by atoms with Gasteiger partial charge < -0.3 is 14.2 Å². The zero-order chi connectivity index (χ0) is 22.5. The molecule has 0 aromatic heterocycles. The molecule has 1 aliphatic rings. The molecular formula is C22H21BrN2O6. The molecular weight excluding hydrogens is 468 g/mol. The summed E-state index contributed by atoms with van der Waals surface area (Å²) >= 11 is 3.41. The van der Waals surface area contributed by atoms with Crippen molar-refractivity contribution >= 4 is 45.5 Å².